The number of pyridine rings is 1. The van der Waals surface area contributed by atoms with Gasteiger partial charge in [0.15, 0.2) is 5.65 Å². The van der Waals surface area contributed by atoms with Crippen LogP contribution in [-0.4, -0.2) is 49.5 Å². The molecule has 32 heavy (non-hydrogen) atoms. The van der Waals surface area contributed by atoms with Gasteiger partial charge >= 0.3 is 0 Å². The molecule has 1 atom stereocenters. The number of fused-ring (bicyclic) bond motifs is 1. The molecule has 0 bridgehead atoms. The molecule has 3 aromatic heterocycles. The third-order valence-electron chi connectivity index (χ3n) is 5.96. The van der Waals surface area contributed by atoms with Gasteiger partial charge in [-0.25, -0.2) is 9.50 Å². The van der Waals surface area contributed by atoms with Gasteiger partial charge in [-0.05, 0) is 31.4 Å². The van der Waals surface area contributed by atoms with Gasteiger partial charge in [-0.1, -0.05) is 41.9 Å². The number of piperidine rings is 1. The van der Waals surface area contributed by atoms with Crippen LogP contribution >= 0.6 is 11.6 Å². The molecular formula is C24H23ClN6O. The van der Waals surface area contributed by atoms with Gasteiger partial charge in [-0.3, -0.25) is 9.78 Å². The smallest absolute Gasteiger partial charge is 0.255 e. The fraction of sp³-hybridized carbons (Fsp3) is 0.250. The Morgan fingerprint density at radius 3 is 2.78 bits per heavy atom. The quantitative estimate of drug-likeness (QED) is 0.510. The van der Waals surface area contributed by atoms with Crippen LogP contribution in [0.15, 0.2) is 61.1 Å². The highest BCUT2D eigenvalue weighted by atomic mass is 35.5. The molecule has 2 N–H and O–H groups in total. The summed E-state index contributed by atoms with van der Waals surface area (Å²) in [4.78, 5) is 24.5. The minimum absolute atomic E-state index is 0.0380. The first-order chi connectivity index (χ1) is 15.7. The Labute approximate surface area is 190 Å². The minimum atomic E-state index is -0.108. The second-order valence-electron chi connectivity index (χ2n) is 7.94. The van der Waals surface area contributed by atoms with Gasteiger partial charge in [-0.2, -0.15) is 5.10 Å². The van der Waals surface area contributed by atoms with Crippen molar-refractivity contribution in [3.8, 4) is 22.5 Å². The van der Waals surface area contributed by atoms with Crippen LogP contribution in [0.5, 0.6) is 0 Å². The predicted octanol–water partition coefficient (Wildman–Crippen LogP) is 4.07. The minimum Gasteiger partial charge on any atom is -0.334 e. The second kappa shape index (κ2) is 8.68. The predicted molar refractivity (Wildman–Crippen MR) is 124 cm³/mol. The number of nitrogens with two attached hydrogens (primary N) is 1. The molecule has 1 aromatic carbocycles. The summed E-state index contributed by atoms with van der Waals surface area (Å²) in [7, 11) is 0. The number of nitrogens with zero attached hydrogens (tertiary/aromatic N) is 5. The molecule has 1 amide bonds. The Balaban J connectivity index is 1.55. The lowest BCUT2D eigenvalue weighted by Gasteiger charge is -2.35. The Bertz CT molecular complexity index is 1270. The third kappa shape index (κ3) is 3.74. The molecule has 0 radical (unpaired) electrons. The molecule has 0 unspecified atom stereocenters. The van der Waals surface area contributed by atoms with Crippen LogP contribution in [-0.2, 0) is 0 Å². The third-order valence-corrected chi connectivity index (χ3v) is 6.26. The molecule has 5 rings (SSSR count). The van der Waals surface area contributed by atoms with E-state index in [0.29, 0.717) is 35.0 Å². The van der Waals surface area contributed by atoms with Gasteiger partial charge in [-0.15, -0.1) is 0 Å². The number of rotatable bonds is 4. The summed E-state index contributed by atoms with van der Waals surface area (Å²) in [5.74, 6) is -0.108. The molecule has 0 spiro atoms. The van der Waals surface area contributed by atoms with E-state index in [9.17, 15) is 4.79 Å². The number of carbonyl (C=O) groups is 1. The fourth-order valence-electron chi connectivity index (χ4n) is 4.24. The molecule has 4 heterocycles. The highest BCUT2D eigenvalue weighted by Crippen LogP contribution is 2.29. The molecule has 4 aromatic rings. The van der Waals surface area contributed by atoms with Crippen LogP contribution in [0.4, 0.5) is 0 Å². The summed E-state index contributed by atoms with van der Waals surface area (Å²) in [6.45, 7) is 1.13. The van der Waals surface area contributed by atoms with Gasteiger partial charge < -0.3 is 10.6 Å². The average Bonchev–Trinajstić information content (AvgIpc) is 3.28. The summed E-state index contributed by atoms with van der Waals surface area (Å²) >= 11 is 6.41. The maximum absolute atomic E-state index is 13.3. The van der Waals surface area contributed by atoms with Crippen LogP contribution in [0, 0.1) is 0 Å². The average molecular weight is 447 g/mol. The second-order valence-corrected chi connectivity index (χ2v) is 8.35. The van der Waals surface area contributed by atoms with Gasteiger partial charge in [0.05, 0.1) is 33.7 Å². The van der Waals surface area contributed by atoms with Crippen molar-refractivity contribution < 1.29 is 4.79 Å². The van der Waals surface area contributed by atoms with Crippen LogP contribution < -0.4 is 5.73 Å². The van der Waals surface area contributed by atoms with Crippen molar-refractivity contribution in [1.82, 2.24) is 24.5 Å². The van der Waals surface area contributed by atoms with E-state index in [4.69, 9.17) is 22.3 Å². The molecule has 1 aliphatic heterocycles. The monoisotopic (exact) mass is 446 g/mol. The normalized spacial score (nSPS) is 16.4. The van der Waals surface area contributed by atoms with E-state index in [0.717, 1.165) is 36.1 Å². The number of hydrogen-bond donors (Lipinski definition) is 1. The molecule has 1 aliphatic rings. The van der Waals surface area contributed by atoms with Crippen molar-refractivity contribution in [1.29, 1.82) is 0 Å². The zero-order valence-electron chi connectivity index (χ0n) is 17.5. The number of benzene rings is 1. The maximum atomic E-state index is 13.3. The first-order valence-corrected chi connectivity index (χ1v) is 11.1. The molecule has 1 fully saturated rings. The molecule has 1 saturated heterocycles. The van der Waals surface area contributed by atoms with Gasteiger partial charge in [0.2, 0.25) is 0 Å². The van der Waals surface area contributed by atoms with Gasteiger partial charge in [0.25, 0.3) is 5.91 Å². The number of aromatic nitrogens is 4. The summed E-state index contributed by atoms with van der Waals surface area (Å²) in [6.07, 6.45) is 8.08. The molecule has 0 aliphatic carbocycles. The molecule has 0 saturated carbocycles. The summed E-state index contributed by atoms with van der Waals surface area (Å²) in [5.41, 5.74) is 10.2. The van der Waals surface area contributed by atoms with Gasteiger partial charge in [0, 0.05) is 37.1 Å². The Hall–Kier alpha value is -3.29. The Morgan fingerprint density at radius 2 is 1.97 bits per heavy atom. The van der Waals surface area contributed by atoms with E-state index in [1.807, 2.05) is 47.5 Å². The summed E-state index contributed by atoms with van der Waals surface area (Å²) in [6, 6.07) is 13.7. The largest absolute Gasteiger partial charge is 0.334 e. The lowest BCUT2D eigenvalue weighted by molar-refractivity contribution is 0.0623. The maximum Gasteiger partial charge on any atom is 0.255 e. The van der Waals surface area contributed by atoms with E-state index in [1.165, 1.54) is 6.20 Å². The first-order valence-electron chi connectivity index (χ1n) is 10.7. The molecular weight excluding hydrogens is 424 g/mol. The van der Waals surface area contributed by atoms with Crippen molar-refractivity contribution in [3.63, 3.8) is 0 Å². The number of halogens is 1. The van der Waals surface area contributed by atoms with Crippen molar-refractivity contribution in [3.05, 3.63) is 71.6 Å². The number of hydrogen-bond acceptors (Lipinski definition) is 5. The molecule has 162 valence electrons. The number of likely N-dealkylation sites (tertiary alicyclic amines) is 1. The van der Waals surface area contributed by atoms with Crippen LogP contribution in [0.25, 0.3) is 28.2 Å². The van der Waals surface area contributed by atoms with Crippen molar-refractivity contribution in [2.75, 3.05) is 13.1 Å². The summed E-state index contributed by atoms with van der Waals surface area (Å²) < 4.78 is 1.70. The van der Waals surface area contributed by atoms with Gasteiger partial charge in [0.1, 0.15) is 0 Å². The highest BCUT2D eigenvalue weighted by molar-refractivity contribution is 6.33. The van der Waals surface area contributed by atoms with Crippen molar-refractivity contribution in [2.45, 2.75) is 25.3 Å². The first kappa shape index (κ1) is 20.6. The van der Waals surface area contributed by atoms with E-state index in [1.54, 1.807) is 16.8 Å². The van der Waals surface area contributed by atoms with Crippen LogP contribution in [0.3, 0.4) is 0 Å². The Kier molecular flexibility index (Phi) is 5.59. The zero-order chi connectivity index (χ0) is 22.1. The van der Waals surface area contributed by atoms with Crippen LogP contribution in [0.1, 0.15) is 29.6 Å². The van der Waals surface area contributed by atoms with E-state index >= 15 is 0 Å². The molecule has 7 nitrogen and oxygen atoms in total. The standard InChI is InChI=1S/C24H23ClN6O/c25-20-15-27-22(12-18(20)24(32)30-10-5-4-8-17(30)13-26)19-14-28-31-11-9-21(29-23(19)31)16-6-2-1-3-7-16/h1-3,6-7,9,11-12,14-15,17H,4-5,8,10,13,26H2/t17-/m1/s1. The van der Waals surface area contributed by atoms with Crippen LogP contribution in [0.2, 0.25) is 5.02 Å². The lowest BCUT2D eigenvalue weighted by Crippen LogP contribution is -2.47. The zero-order valence-corrected chi connectivity index (χ0v) is 18.2. The van der Waals surface area contributed by atoms with E-state index < -0.39 is 0 Å². The van der Waals surface area contributed by atoms with Crippen molar-refractivity contribution in [2.24, 2.45) is 5.73 Å². The molecule has 8 heteroatoms. The topological polar surface area (TPSA) is 89.4 Å². The lowest BCUT2D eigenvalue weighted by atomic mass is 10.0. The highest BCUT2D eigenvalue weighted by Gasteiger charge is 2.28. The Morgan fingerprint density at radius 1 is 1.12 bits per heavy atom. The van der Waals surface area contributed by atoms with E-state index in [-0.39, 0.29) is 11.9 Å². The van der Waals surface area contributed by atoms with E-state index in [2.05, 4.69) is 10.1 Å². The van der Waals surface area contributed by atoms with Crippen molar-refractivity contribution >= 4 is 23.2 Å². The summed E-state index contributed by atoms with van der Waals surface area (Å²) in [5, 5.41) is 4.74. The fourth-order valence-corrected chi connectivity index (χ4v) is 4.42. The number of amides is 1. The number of carbonyl (C=O) groups excluding carboxylic acids is 1. The SMILES string of the molecule is NC[C@H]1CCCCN1C(=O)c1cc(-c2cnn3ccc(-c4ccccc4)nc23)ncc1Cl.